The van der Waals surface area contributed by atoms with Crippen molar-refractivity contribution in [3.05, 3.63) is 57.4 Å². The number of nitrogens with zero attached hydrogens (tertiary/aromatic N) is 2. The Morgan fingerprint density at radius 2 is 2.04 bits per heavy atom. The third-order valence-electron chi connectivity index (χ3n) is 5.09. The second-order valence-corrected chi connectivity index (χ2v) is 7.75. The molecular weight excluding hydrogens is 376 g/mol. The lowest BCUT2D eigenvalue weighted by Gasteiger charge is -2.26. The fourth-order valence-electron chi connectivity index (χ4n) is 3.56. The van der Waals surface area contributed by atoms with Crippen LogP contribution in [0.1, 0.15) is 47.5 Å². The Balaban J connectivity index is 1.90. The molecule has 3 heterocycles. The van der Waals surface area contributed by atoms with E-state index in [2.05, 4.69) is 18.7 Å². The van der Waals surface area contributed by atoms with Crippen molar-refractivity contribution in [3.8, 4) is 0 Å². The standard InChI is InChI=1S/C21H26N2O4S/c1-4-22(5-2)11-7-12-23-18(15-10-9-14(3)27-15)17(20(25)21(23)26)19(24)16-8-6-13-28-16/h6,8-10,13,18,25H,4-5,7,11-12H2,1-3H3/t18-/m1/s1. The Hall–Kier alpha value is -2.38. The van der Waals surface area contributed by atoms with E-state index >= 15 is 0 Å². The van der Waals surface area contributed by atoms with E-state index in [0.717, 1.165) is 26.1 Å². The molecule has 2 aromatic heterocycles. The van der Waals surface area contributed by atoms with Crippen LogP contribution in [0.4, 0.5) is 0 Å². The maximum Gasteiger partial charge on any atom is 0.290 e. The van der Waals surface area contributed by atoms with Gasteiger partial charge < -0.3 is 19.3 Å². The molecule has 2 aromatic rings. The Morgan fingerprint density at radius 1 is 1.29 bits per heavy atom. The van der Waals surface area contributed by atoms with Crippen molar-refractivity contribution in [1.29, 1.82) is 0 Å². The van der Waals surface area contributed by atoms with E-state index in [4.69, 9.17) is 4.42 Å². The van der Waals surface area contributed by atoms with Crippen LogP contribution in [-0.2, 0) is 4.79 Å². The normalized spacial score (nSPS) is 17.2. The number of carbonyl (C=O) groups excluding carboxylic acids is 2. The SMILES string of the molecule is CCN(CC)CCCN1C(=O)C(O)=C(C(=O)c2cccs2)[C@H]1c1ccc(C)o1. The van der Waals surface area contributed by atoms with Crippen molar-refractivity contribution >= 4 is 23.0 Å². The number of rotatable bonds is 9. The van der Waals surface area contributed by atoms with E-state index in [0.29, 0.717) is 22.9 Å². The molecule has 3 rings (SSSR count). The van der Waals surface area contributed by atoms with E-state index in [1.165, 1.54) is 11.3 Å². The largest absolute Gasteiger partial charge is 0.503 e. The molecule has 0 spiro atoms. The first-order valence-electron chi connectivity index (χ1n) is 9.58. The molecular formula is C21H26N2O4S. The fraction of sp³-hybridized carbons (Fsp3) is 0.429. The number of carbonyl (C=O) groups is 2. The highest BCUT2D eigenvalue weighted by Gasteiger charge is 2.45. The Morgan fingerprint density at radius 3 is 2.61 bits per heavy atom. The molecule has 1 atom stereocenters. The van der Waals surface area contributed by atoms with Gasteiger partial charge in [0.25, 0.3) is 5.91 Å². The molecule has 1 aliphatic heterocycles. The first-order valence-corrected chi connectivity index (χ1v) is 10.5. The van der Waals surface area contributed by atoms with Crippen molar-refractivity contribution in [2.24, 2.45) is 0 Å². The quantitative estimate of drug-likeness (QED) is 0.643. The summed E-state index contributed by atoms with van der Waals surface area (Å²) in [6, 6.07) is 6.35. The third-order valence-corrected chi connectivity index (χ3v) is 5.96. The van der Waals surface area contributed by atoms with Crippen LogP contribution in [0.2, 0.25) is 0 Å². The van der Waals surface area contributed by atoms with Gasteiger partial charge in [0.1, 0.15) is 17.6 Å². The van der Waals surface area contributed by atoms with Crippen molar-refractivity contribution in [2.75, 3.05) is 26.2 Å². The zero-order valence-electron chi connectivity index (χ0n) is 16.5. The highest BCUT2D eigenvalue weighted by atomic mass is 32.1. The van der Waals surface area contributed by atoms with Crippen LogP contribution in [-0.4, -0.2) is 52.8 Å². The van der Waals surface area contributed by atoms with Crippen LogP contribution in [0.5, 0.6) is 0 Å². The van der Waals surface area contributed by atoms with Crippen molar-refractivity contribution in [2.45, 2.75) is 33.2 Å². The highest BCUT2D eigenvalue weighted by Crippen LogP contribution is 2.40. The van der Waals surface area contributed by atoms with E-state index in [1.807, 2.05) is 6.92 Å². The third kappa shape index (κ3) is 3.91. The molecule has 0 unspecified atom stereocenters. The zero-order valence-corrected chi connectivity index (χ0v) is 17.3. The number of aliphatic hydroxyl groups excluding tert-OH is 1. The van der Waals surface area contributed by atoms with Crippen LogP contribution in [0.3, 0.4) is 0 Å². The monoisotopic (exact) mass is 402 g/mol. The molecule has 0 saturated heterocycles. The summed E-state index contributed by atoms with van der Waals surface area (Å²) in [5, 5.41) is 12.4. The summed E-state index contributed by atoms with van der Waals surface area (Å²) in [5.41, 5.74) is 0.102. The minimum absolute atomic E-state index is 0.102. The van der Waals surface area contributed by atoms with Gasteiger partial charge in [0, 0.05) is 6.54 Å². The number of hydrogen-bond acceptors (Lipinski definition) is 6. The van der Waals surface area contributed by atoms with E-state index in [9.17, 15) is 14.7 Å². The van der Waals surface area contributed by atoms with Crippen LogP contribution in [0.25, 0.3) is 0 Å². The van der Waals surface area contributed by atoms with Gasteiger partial charge in [0.2, 0.25) is 5.78 Å². The van der Waals surface area contributed by atoms with E-state index < -0.39 is 17.7 Å². The molecule has 1 N–H and O–H groups in total. The lowest BCUT2D eigenvalue weighted by Crippen LogP contribution is -2.34. The number of thiophene rings is 1. The van der Waals surface area contributed by atoms with Crippen LogP contribution in [0, 0.1) is 6.92 Å². The minimum atomic E-state index is -0.701. The molecule has 150 valence electrons. The predicted octanol–water partition coefficient (Wildman–Crippen LogP) is 3.96. The molecule has 28 heavy (non-hydrogen) atoms. The topological polar surface area (TPSA) is 74.0 Å². The van der Waals surface area contributed by atoms with Gasteiger partial charge in [0.05, 0.1) is 10.5 Å². The summed E-state index contributed by atoms with van der Waals surface area (Å²) in [4.78, 5) is 30.2. The van der Waals surface area contributed by atoms with Crippen molar-refractivity contribution in [3.63, 3.8) is 0 Å². The van der Waals surface area contributed by atoms with Gasteiger partial charge in [-0.15, -0.1) is 11.3 Å². The zero-order chi connectivity index (χ0) is 20.3. The Labute approximate surface area is 169 Å². The number of ketones is 1. The molecule has 1 amide bonds. The molecule has 1 aliphatic rings. The maximum absolute atomic E-state index is 13.0. The summed E-state index contributed by atoms with van der Waals surface area (Å²) < 4.78 is 5.76. The van der Waals surface area contributed by atoms with Crippen LogP contribution < -0.4 is 0 Å². The average Bonchev–Trinajstić information content (AvgIpc) is 3.41. The number of aryl methyl sites for hydroxylation is 1. The van der Waals surface area contributed by atoms with Gasteiger partial charge in [-0.1, -0.05) is 19.9 Å². The molecule has 0 fully saturated rings. The van der Waals surface area contributed by atoms with E-state index in [1.54, 1.807) is 34.5 Å². The highest BCUT2D eigenvalue weighted by molar-refractivity contribution is 7.12. The van der Waals surface area contributed by atoms with Gasteiger partial charge >= 0.3 is 0 Å². The molecule has 0 aliphatic carbocycles. The molecule has 0 saturated carbocycles. The second kappa shape index (κ2) is 8.75. The smallest absolute Gasteiger partial charge is 0.290 e. The van der Waals surface area contributed by atoms with Gasteiger partial charge in [-0.05, 0) is 56.6 Å². The first kappa shape index (κ1) is 20.4. The minimum Gasteiger partial charge on any atom is -0.503 e. The summed E-state index contributed by atoms with van der Waals surface area (Å²) in [6.45, 7) is 9.18. The van der Waals surface area contributed by atoms with Crippen molar-refractivity contribution in [1.82, 2.24) is 9.80 Å². The predicted molar refractivity (Wildman–Crippen MR) is 109 cm³/mol. The van der Waals surface area contributed by atoms with Gasteiger partial charge in [-0.2, -0.15) is 0 Å². The van der Waals surface area contributed by atoms with Crippen LogP contribution in [0.15, 0.2) is 45.4 Å². The fourth-order valence-corrected chi connectivity index (χ4v) is 4.24. The summed E-state index contributed by atoms with van der Waals surface area (Å²) in [7, 11) is 0. The Kier molecular flexibility index (Phi) is 6.36. The Bertz CT molecular complexity index is 865. The van der Waals surface area contributed by atoms with E-state index in [-0.39, 0.29) is 11.4 Å². The summed E-state index contributed by atoms with van der Waals surface area (Å²) >= 11 is 1.29. The lowest BCUT2D eigenvalue weighted by molar-refractivity contribution is -0.129. The molecule has 7 heteroatoms. The molecule has 0 radical (unpaired) electrons. The first-order chi connectivity index (χ1) is 13.5. The van der Waals surface area contributed by atoms with Crippen LogP contribution >= 0.6 is 11.3 Å². The van der Waals surface area contributed by atoms with Gasteiger partial charge in [-0.25, -0.2) is 0 Å². The number of Topliss-reactive ketones (excluding diaryl/α,β-unsaturated/α-hetero) is 1. The van der Waals surface area contributed by atoms with Crippen molar-refractivity contribution < 1.29 is 19.1 Å². The number of amides is 1. The molecule has 0 aromatic carbocycles. The summed E-state index contributed by atoms with van der Waals surface area (Å²) in [5.74, 6) is -0.123. The molecule has 0 bridgehead atoms. The second-order valence-electron chi connectivity index (χ2n) is 6.80. The van der Waals surface area contributed by atoms with Gasteiger partial charge in [-0.3, -0.25) is 9.59 Å². The summed E-state index contributed by atoms with van der Waals surface area (Å²) in [6.07, 6.45) is 0.747. The maximum atomic E-state index is 13.0. The lowest BCUT2D eigenvalue weighted by atomic mass is 10.00. The number of hydrogen-bond donors (Lipinski definition) is 1. The number of aliphatic hydroxyl groups is 1. The van der Waals surface area contributed by atoms with Gasteiger partial charge in [0.15, 0.2) is 5.76 Å². The molecule has 6 nitrogen and oxygen atoms in total. The average molecular weight is 403 g/mol. The number of furan rings is 1.